The van der Waals surface area contributed by atoms with Gasteiger partial charge in [-0.2, -0.15) is 0 Å². The van der Waals surface area contributed by atoms with Crippen LogP contribution in [0.15, 0.2) is 22.8 Å². The van der Waals surface area contributed by atoms with E-state index in [1.807, 2.05) is 6.07 Å². The van der Waals surface area contributed by atoms with Crippen molar-refractivity contribution < 1.29 is 4.42 Å². The van der Waals surface area contributed by atoms with Crippen LogP contribution in [0.25, 0.3) is 0 Å². The Morgan fingerprint density at radius 1 is 1.16 bits per heavy atom. The van der Waals surface area contributed by atoms with E-state index < -0.39 is 0 Å². The molecule has 1 heterocycles. The molecule has 2 nitrogen and oxygen atoms in total. The molecule has 1 aromatic heterocycles. The van der Waals surface area contributed by atoms with Gasteiger partial charge < -0.3 is 9.73 Å². The van der Waals surface area contributed by atoms with Gasteiger partial charge in [-0.15, -0.1) is 0 Å². The van der Waals surface area contributed by atoms with E-state index in [1.54, 1.807) is 12.7 Å². The monoisotopic (exact) mass is 259 g/mol. The van der Waals surface area contributed by atoms with E-state index >= 15 is 0 Å². The highest BCUT2D eigenvalue weighted by atomic mass is 16.3. The Balaban J connectivity index is 1.38. The summed E-state index contributed by atoms with van der Waals surface area (Å²) >= 11 is 0. The first kappa shape index (κ1) is 12.0. The number of hydrogen-bond acceptors (Lipinski definition) is 2. The molecule has 4 bridgehead atoms. The summed E-state index contributed by atoms with van der Waals surface area (Å²) in [4.78, 5) is 0. The van der Waals surface area contributed by atoms with Crippen molar-refractivity contribution in [3.8, 4) is 0 Å². The molecule has 1 unspecified atom stereocenters. The zero-order valence-corrected chi connectivity index (χ0v) is 11.8. The zero-order chi connectivity index (χ0) is 12.8. The van der Waals surface area contributed by atoms with Crippen LogP contribution in [-0.4, -0.2) is 6.54 Å². The highest BCUT2D eigenvalue weighted by molar-refractivity contribution is 5.04. The fourth-order valence-electron chi connectivity index (χ4n) is 5.32. The molecule has 5 rings (SSSR count). The minimum Gasteiger partial charge on any atom is -0.468 e. The molecule has 0 spiro atoms. The summed E-state index contributed by atoms with van der Waals surface area (Å²) in [5.74, 6) is 6.22. The molecule has 0 aliphatic heterocycles. The van der Waals surface area contributed by atoms with E-state index in [1.165, 1.54) is 32.2 Å². The summed E-state index contributed by atoms with van der Waals surface area (Å²) in [6.07, 6.45) is 9.41. The molecule has 4 aliphatic carbocycles. The highest BCUT2D eigenvalue weighted by Crippen LogP contribution is 2.56. The third-order valence-corrected chi connectivity index (χ3v) is 6.05. The molecule has 4 fully saturated rings. The standard InChI is InChI=1S/C17H25NO/c1-11(17-3-2-4-19-17)18-10-16-14-6-12-5-13(8-14)9-15(16)7-12/h2-4,11-16,18H,5-10H2,1H3. The molecule has 0 aromatic carbocycles. The number of hydrogen-bond donors (Lipinski definition) is 1. The van der Waals surface area contributed by atoms with Crippen LogP contribution in [0.3, 0.4) is 0 Å². The van der Waals surface area contributed by atoms with Gasteiger partial charge in [0.1, 0.15) is 5.76 Å². The van der Waals surface area contributed by atoms with Gasteiger partial charge in [0.2, 0.25) is 0 Å². The summed E-state index contributed by atoms with van der Waals surface area (Å²) in [7, 11) is 0. The maximum atomic E-state index is 5.49. The van der Waals surface area contributed by atoms with Crippen LogP contribution in [-0.2, 0) is 0 Å². The van der Waals surface area contributed by atoms with Gasteiger partial charge in [0.05, 0.1) is 12.3 Å². The minimum absolute atomic E-state index is 0.354. The van der Waals surface area contributed by atoms with E-state index in [9.17, 15) is 0 Å². The van der Waals surface area contributed by atoms with Crippen LogP contribution in [0.2, 0.25) is 0 Å². The summed E-state index contributed by atoms with van der Waals surface area (Å²) in [6.45, 7) is 3.41. The van der Waals surface area contributed by atoms with Crippen molar-refractivity contribution in [3.63, 3.8) is 0 Å². The third-order valence-electron chi connectivity index (χ3n) is 6.05. The fourth-order valence-corrected chi connectivity index (χ4v) is 5.32. The van der Waals surface area contributed by atoms with Crippen LogP contribution >= 0.6 is 0 Å². The van der Waals surface area contributed by atoms with Gasteiger partial charge in [-0.25, -0.2) is 0 Å². The minimum atomic E-state index is 0.354. The molecular formula is C17H25NO. The third kappa shape index (κ3) is 2.14. The second kappa shape index (κ2) is 4.66. The van der Waals surface area contributed by atoms with E-state index in [0.717, 1.165) is 35.3 Å². The Bertz CT molecular complexity index is 396. The van der Waals surface area contributed by atoms with E-state index in [4.69, 9.17) is 4.42 Å². The van der Waals surface area contributed by atoms with Crippen molar-refractivity contribution in [1.29, 1.82) is 0 Å². The Morgan fingerprint density at radius 3 is 2.42 bits per heavy atom. The lowest BCUT2D eigenvalue weighted by molar-refractivity contribution is -0.0363. The fraction of sp³-hybridized carbons (Fsp3) is 0.765. The van der Waals surface area contributed by atoms with Crippen molar-refractivity contribution in [2.24, 2.45) is 29.6 Å². The maximum absolute atomic E-state index is 5.49. The predicted molar refractivity (Wildman–Crippen MR) is 75.7 cm³/mol. The van der Waals surface area contributed by atoms with Crippen LogP contribution in [0.5, 0.6) is 0 Å². The molecule has 0 amide bonds. The predicted octanol–water partition coefficient (Wildman–Crippen LogP) is 4.00. The van der Waals surface area contributed by atoms with Crippen molar-refractivity contribution >= 4 is 0 Å². The zero-order valence-electron chi connectivity index (χ0n) is 11.8. The van der Waals surface area contributed by atoms with Crippen LogP contribution < -0.4 is 5.32 Å². The Hall–Kier alpha value is -0.760. The molecule has 0 radical (unpaired) electrons. The molecular weight excluding hydrogens is 234 g/mol. The van der Waals surface area contributed by atoms with Crippen molar-refractivity contribution in [2.45, 2.75) is 45.1 Å². The van der Waals surface area contributed by atoms with Crippen LogP contribution in [0.4, 0.5) is 0 Å². The Kier molecular flexibility index (Phi) is 2.95. The van der Waals surface area contributed by atoms with Gasteiger partial charge in [-0.3, -0.25) is 0 Å². The molecule has 4 saturated carbocycles. The molecule has 0 saturated heterocycles. The summed E-state index contributed by atoms with van der Waals surface area (Å²) in [5, 5.41) is 3.72. The van der Waals surface area contributed by atoms with Gasteiger partial charge >= 0.3 is 0 Å². The van der Waals surface area contributed by atoms with Crippen molar-refractivity contribution in [1.82, 2.24) is 5.32 Å². The lowest BCUT2D eigenvalue weighted by Crippen LogP contribution is -2.48. The highest BCUT2D eigenvalue weighted by Gasteiger charge is 2.47. The Labute approximate surface area is 116 Å². The molecule has 4 aliphatic rings. The van der Waals surface area contributed by atoms with E-state index in [-0.39, 0.29) is 0 Å². The summed E-state index contributed by atoms with van der Waals surface area (Å²) in [6, 6.07) is 4.41. The van der Waals surface area contributed by atoms with E-state index in [0.29, 0.717) is 6.04 Å². The first-order valence-electron chi connectivity index (χ1n) is 8.06. The van der Waals surface area contributed by atoms with Crippen molar-refractivity contribution in [3.05, 3.63) is 24.2 Å². The lowest BCUT2D eigenvalue weighted by atomic mass is 9.52. The van der Waals surface area contributed by atoms with Crippen molar-refractivity contribution in [2.75, 3.05) is 6.54 Å². The smallest absolute Gasteiger partial charge is 0.120 e. The van der Waals surface area contributed by atoms with Gasteiger partial charge in [0.25, 0.3) is 0 Å². The quantitative estimate of drug-likeness (QED) is 0.884. The second-order valence-corrected chi connectivity index (χ2v) is 7.24. The number of rotatable bonds is 4. The van der Waals surface area contributed by atoms with Crippen LogP contribution in [0, 0.1) is 29.6 Å². The number of furan rings is 1. The normalized spacial score (nSPS) is 41.6. The average molecular weight is 259 g/mol. The maximum Gasteiger partial charge on any atom is 0.120 e. The van der Waals surface area contributed by atoms with Crippen LogP contribution in [0.1, 0.15) is 50.8 Å². The first-order valence-corrected chi connectivity index (χ1v) is 8.06. The molecule has 19 heavy (non-hydrogen) atoms. The molecule has 1 atom stereocenters. The summed E-state index contributed by atoms with van der Waals surface area (Å²) in [5.41, 5.74) is 0. The van der Waals surface area contributed by atoms with Gasteiger partial charge in [0, 0.05) is 0 Å². The Morgan fingerprint density at radius 2 is 1.84 bits per heavy atom. The molecule has 2 heteroatoms. The molecule has 1 aromatic rings. The number of nitrogens with one attached hydrogen (secondary N) is 1. The largest absolute Gasteiger partial charge is 0.468 e. The lowest BCUT2D eigenvalue weighted by Gasteiger charge is -2.54. The van der Waals surface area contributed by atoms with Gasteiger partial charge in [-0.1, -0.05) is 0 Å². The topological polar surface area (TPSA) is 25.2 Å². The second-order valence-electron chi connectivity index (χ2n) is 7.24. The average Bonchev–Trinajstić information content (AvgIpc) is 2.90. The first-order chi connectivity index (χ1) is 9.29. The summed E-state index contributed by atoms with van der Waals surface area (Å²) < 4.78 is 5.49. The molecule has 1 N–H and O–H groups in total. The van der Waals surface area contributed by atoms with Gasteiger partial charge in [0.15, 0.2) is 0 Å². The molecule has 104 valence electrons. The van der Waals surface area contributed by atoms with E-state index in [2.05, 4.69) is 18.3 Å². The van der Waals surface area contributed by atoms with Gasteiger partial charge in [-0.05, 0) is 87.3 Å². The SMILES string of the molecule is CC(NCC1C2CC3CC(C2)CC1C3)c1ccco1.